The average molecular weight is 384 g/mol. The molecule has 3 heteroatoms. The number of unbranched alkanes of at least 4 members (excludes halogenated alkanes) is 3. The molecule has 2 aromatic heterocycles. The zero-order chi connectivity index (χ0) is 20.1. The largest absolute Gasteiger partial charge is 0.339 e. The summed E-state index contributed by atoms with van der Waals surface area (Å²) < 4.78 is 13.4. The monoisotopic (exact) mass is 384 g/mol. The van der Waals surface area contributed by atoms with Crippen molar-refractivity contribution in [2.24, 2.45) is 0 Å². The topological polar surface area (TPSA) is 28.7 Å². The highest BCUT2D eigenvalue weighted by Crippen LogP contribution is 2.29. The van der Waals surface area contributed by atoms with E-state index in [2.05, 4.69) is 53.3 Å². The number of halogens is 1. The Kier molecular flexibility index (Phi) is 5.85. The first-order chi connectivity index (χ1) is 14.2. The minimum atomic E-state index is -0.222. The maximum atomic E-state index is 13.4. The van der Waals surface area contributed by atoms with Crippen molar-refractivity contribution in [3.05, 3.63) is 83.3 Å². The van der Waals surface area contributed by atoms with E-state index in [4.69, 9.17) is 0 Å². The Balaban J connectivity index is 1.68. The number of aromatic nitrogens is 2. The van der Waals surface area contributed by atoms with Crippen LogP contribution in [0.4, 0.5) is 4.39 Å². The van der Waals surface area contributed by atoms with Gasteiger partial charge in [0.1, 0.15) is 11.5 Å². The van der Waals surface area contributed by atoms with Gasteiger partial charge in [0, 0.05) is 22.5 Å². The molecule has 2 aromatic carbocycles. The molecule has 4 rings (SSSR count). The fourth-order valence-electron chi connectivity index (χ4n) is 3.63. The zero-order valence-electron chi connectivity index (χ0n) is 16.7. The number of hydrogen-bond donors (Lipinski definition) is 1. The first kappa shape index (κ1) is 19.1. The third-order valence-electron chi connectivity index (χ3n) is 5.14. The van der Waals surface area contributed by atoms with Crippen molar-refractivity contribution in [3.8, 4) is 0 Å². The predicted molar refractivity (Wildman–Crippen MR) is 122 cm³/mol. The van der Waals surface area contributed by atoms with Crippen molar-refractivity contribution in [3.63, 3.8) is 0 Å². The molecule has 1 N–H and O–H groups in total. The van der Waals surface area contributed by atoms with Crippen molar-refractivity contribution in [1.82, 2.24) is 9.97 Å². The lowest BCUT2D eigenvalue weighted by Gasteiger charge is -2.00. The third kappa shape index (κ3) is 4.45. The van der Waals surface area contributed by atoms with Gasteiger partial charge in [-0.05, 0) is 59.9 Å². The van der Waals surface area contributed by atoms with E-state index in [9.17, 15) is 4.39 Å². The molecule has 0 spiro atoms. The highest BCUT2D eigenvalue weighted by molar-refractivity contribution is 6.10. The van der Waals surface area contributed by atoms with Crippen molar-refractivity contribution in [2.75, 3.05) is 0 Å². The summed E-state index contributed by atoms with van der Waals surface area (Å²) in [4.78, 5) is 7.94. The van der Waals surface area contributed by atoms with Gasteiger partial charge in [0.25, 0.3) is 0 Å². The standard InChI is InChI=1S/C26H25FN2/c1-2-3-4-5-6-9-21-15-16-28-26-25(21)23-18-20(13-14-24(23)29-26)12-11-19-8-7-10-22(27)17-19/h6-18H,2-5H2,1H3,(H,28,29). The van der Waals surface area contributed by atoms with Crippen molar-refractivity contribution in [1.29, 1.82) is 0 Å². The zero-order valence-corrected chi connectivity index (χ0v) is 16.7. The van der Waals surface area contributed by atoms with Crippen LogP contribution in [-0.4, -0.2) is 9.97 Å². The highest BCUT2D eigenvalue weighted by Gasteiger charge is 2.08. The van der Waals surface area contributed by atoms with Crippen LogP contribution in [0.1, 0.15) is 49.3 Å². The van der Waals surface area contributed by atoms with Crippen LogP contribution in [0, 0.1) is 5.82 Å². The number of allylic oxidation sites excluding steroid dienone is 1. The van der Waals surface area contributed by atoms with Crippen molar-refractivity contribution in [2.45, 2.75) is 32.6 Å². The molecule has 0 fully saturated rings. The summed E-state index contributed by atoms with van der Waals surface area (Å²) in [5, 5.41) is 2.30. The van der Waals surface area contributed by atoms with Crippen LogP contribution in [-0.2, 0) is 0 Å². The molecule has 0 bridgehead atoms. The molecule has 0 unspecified atom stereocenters. The van der Waals surface area contributed by atoms with Gasteiger partial charge in [-0.2, -0.15) is 0 Å². The molecule has 0 saturated carbocycles. The van der Waals surface area contributed by atoms with Gasteiger partial charge in [-0.15, -0.1) is 0 Å². The van der Waals surface area contributed by atoms with Crippen LogP contribution in [0.5, 0.6) is 0 Å². The molecule has 2 heterocycles. The molecule has 29 heavy (non-hydrogen) atoms. The minimum Gasteiger partial charge on any atom is -0.339 e. The Bertz CT molecular complexity index is 1180. The number of hydrogen-bond acceptors (Lipinski definition) is 1. The van der Waals surface area contributed by atoms with Gasteiger partial charge in [0.15, 0.2) is 0 Å². The normalized spacial score (nSPS) is 12.1. The summed E-state index contributed by atoms with van der Waals surface area (Å²) >= 11 is 0. The van der Waals surface area contributed by atoms with Crippen LogP contribution in [0.15, 0.2) is 60.8 Å². The summed E-state index contributed by atoms with van der Waals surface area (Å²) in [6, 6.07) is 15.0. The Morgan fingerprint density at radius 3 is 2.66 bits per heavy atom. The molecule has 0 atom stereocenters. The van der Waals surface area contributed by atoms with Gasteiger partial charge < -0.3 is 4.98 Å². The molecule has 146 valence electrons. The summed E-state index contributed by atoms with van der Waals surface area (Å²) in [6.07, 6.45) is 15.1. The van der Waals surface area contributed by atoms with E-state index in [1.165, 1.54) is 37.0 Å². The van der Waals surface area contributed by atoms with Crippen LogP contribution in [0.25, 0.3) is 40.2 Å². The van der Waals surface area contributed by atoms with E-state index in [1.54, 1.807) is 6.07 Å². The van der Waals surface area contributed by atoms with E-state index in [1.807, 2.05) is 24.4 Å². The van der Waals surface area contributed by atoms with Crippen molar-refractivity contribution >= 4 is 40.2 Å². The number of nitrogens with one attached hydrogen (secondary N) is 1. The number of H-pyrrole nitrogens is 1. The highest BCUT2D eigenvalue weighted by atomic mass is 19.1. The Labute approximate surface area is 170 Å². The maximum absolute atomic E-state index is 13.4. The second kappa shape index (κ2) is 8.87. The molecule has 0 aliphatic rings. The first-order valence-electron chi connectivity index (χ1n) is 10.3. The van der Waals surface area contributed by atoms with Crippen LogP contribution in [0.2, 0.25) is 0 Å². The van der Waals surface area contributed by atoms with E-state index in [0.717, 1.165) is 39.5 Å². The molecular formula is C26H25FN2. The van der Waals surface area contributed by atoms with Gasteiger partial charge in [-0.3, -0.25) is 0 Å². The van der Waals surface area contributed by atoms with Crippen LogP contribution >= 0.6 is 0 Å². The number of rotatable bonds is 7. The van der Waals surface area contributed by atoms with E-state index < -0.39 is 0 Å². The second-order valence-electron chi connectivity index (χ2n) is 7.34. The molecular weight excluding hydrogens is 359 g/mol. The third-order valence-corrected chi connectivity index (χ3v) is 5.14. The smallest absolute Gasteiger partial charge is 0.138 e. The first-order valence-corrected chi connectivity index (χ1v) is 10.3. The number of nitrogens with zero attached hydrogens (tertiary/aromatic N) is 1. The van der Waals surface area contributed by atoms with Gasteiger partial charge in [-0.25, -0.2) is 9.37 Å². The molecule has 0 amide bonds. The molecule has 0 saturated heterocycles. The Hall–Kier alpha value is -3.20. The fourth-order valence-corrected chi connectivity index (χ4v) is 3.63. The van der Waals surface area contributed by atoms with Gasteiger partial charge in [0.2, 0.25) is 0 Å². The maximum Gasteiger partial charge on any atom is 0.138 e. The van der Waals surface area contributed by atoms with Crippen molar-refractivity contribution < 1.29 is 4.39 Å². The van der Waals surface area contributed by atoms with Crippen LogP contribution in [0.3, 0.4) is 0 Å². The molecule has 0 aliphatic carbocycles. The number of aromatic amines is 1. The van der Waals surface area contributed by atoms with Crippen LogP contribution < -0.4 is 0 Å². The fraction of sp³-hybridized carbons (Fsp3) is 0.192. The number of fused-ring (bicyclic) bond motifs is 3. The van der Waals surface area contributed by atoms with E-state index in [-0.39, 0.29) is 5.82 Å². The summed E-state index contributed by atoms with van der Waals surface area (Å²) in [6.45, 7) is 2.22. The quantitative estimate of drug-likeness (QED) is 0.258. The SMILES string of the molecule is CCCCCC=Cc1ccnc2[nH]c3ccc(C=Cc4cccc(F)c4)cc3c12. The Morgan fingerprint density at radius 1 is 0.966 bits per heavy atom. The number of pyridine rings is 1. The lowest BCUT2D eigenvalue weighted by molar-refractivity contribution is 0.627. The summed E-state index contributed by atoms with van der Waals surface area (Å²) in [5.41, 5.74) is 5.08. The second-order valence-corrected chi connectivity index (χ2v) is 7.34. The van der Waals surface area contributed by atoms with Gasteiger partial charge >= 0.3 is 0 Å². The lowest BCUT2D eigenvalue weighted by atomic mass is 10.0. The minimum absolute atomic E-state index is 0.222. The molecule has 2 nitrogen and oxygen atoms in total. The summed E-state index contributed by atoms with van der Waals surface area (Å²) in [7, 11) is 0. The Morgan fingerprint density at radius 2 is 1.83 bits per heavy atom. The van der Waals surface area contributed by atoms with Gasteiger partial charge in [0.05, 0.1) is 0 Å². The average Bonchev–Trinajstić information content (AvgIpc) is 3.11. The lowest BCUT2D eigenvalue weighted by Crippen LogP contribution is -1.80. The van der Waals surface area contributed by atoms with Gasteiger partial charge in [-0.1, -0.05) is 62.3 Å². The van der Waals surface area contributed by atoms with E-state index in [0.29, 0.717) is 0 Å². The molecule has 0 radical (unpaired) electrons. The predicted octanol–water partition coefficient (Wildman–Crippen LogP) is 7.62. The number of benzene rings is 2. The molecule has 0 aliphatic heterocycles. The molecule has 4 aromatic rings. The summed E-state index contributed by atoms with van der Waals surface area (Å²) in [5.74, 6) is -0.222. The van der Waals surface area contributed by atoms with E-state index >= 15 is 0 Å².